The first kappa shape index (κ1) is 13.6. The maximum Gasteiger partial charge on any atom is 0.255 e. The maximum atomic E-state index is 12.5. The molecule has 1 aliphatic rings. The Labute approximate surface area is 113 Å². The lowest BCUT2D eigenvalue weighted by Gasteiger charge is -2.25. The zero-order valence-corrected chi connectivity index (χ0v) is 11.3. The van der Waals surface area contributed by atoms with Gasteiger partial charge in [-0.15, -0.1) is 0 Å². The molecule has 0 saturated heterocycles. The molecule has 0 radical (unpaired) electrons. The monoisotopic (exact) mass is 258 g/mol. The summed E-state index contributed by atoms with van der Waals surface area (Å²) in [6.07, 6.45) is 5.55. The first-order chi connectivity index (χ1) is 9.15. The van der Waals surface area contributed by atoms with E-state index in [2.05, 4.69) is 23.7 Å². The number of hydrogen-bond donors (Lipinski definition) is 1. The summed E-state index contributed by atoms with van der Waals surface area (Å²) in [5.74, 6) is 5.92. The number of hydrogen-bond acceptors (Lipinski definition) is 3. The van der Waals surface area contributed by atoms with E-state index in [1.54, 1.807) is 23.4 Å². The van der Waals surface area contributed by atoms with Crippen LogP contribution in [0.15, 0.2) is 18.5 Å². The standard InChI is InChI=1S/C15H18N2O2/c1-11(12-5-6-12)17(2)15(19)14-7-8-16-10-13(14)4-3-9-18/h7-8,10-12,18H,5-6,9H2,1-2H3. The van der Waals surface area contributed by atoms with E-state index in [0.29, 0.717) is 17.0 Å². The van der Waals surface area contributed by atoms with Crippen molar-refractivity contribution in [3.8, 4) is 11.8 Å². The van der Waals surface area contributed by atoms with Crippen LogP contribution in [-0.4, -0.2) is 40.6 Å². The molecule has 1 saturated carbocycles. The van der Waals surface area contributed by atoms with Crippen LogP contribution in [0.25, 0.3) is 0 Å². The molecule has 1 heterocycles. The lowest BCUT2D eigenvalue weighted by molar-refractivity contribution is 0.0727. The quantitative estimate of drug-likeness (QED) is 0.831. The molecule has 100 valence electrons. The van der Waals surface area contributed by atoms with Gasteiger partial charge >= 0.3 is 0 Å². The first-order valence-corrected chi connectivity index (χ1v) is 6.46. The van der Waals surface area contributed by atoms with Gasteiger partial charge in [0, 0.05) is 25.5 Å². The van der Waals surface area contributed by atoms with Crippen molar-refractivity contribution in [2.45, 2.75) is 25.8 Å². The van der Waals surface area contributed by atoms with E-state index >= 15 is 0 Å². The highest BCUT2D eigenvalue weighted by atomic mass is 16.2. The Morgan fingerprint density at radius 1 is 1.63 bits per heavy atom. The molecule has 0 bridgehead atoms. The Morgan fingerprint density at radius 3 is 3.00 bits per heavy atom. The molecule has 1 unspecified atom stereocenters. The molecule has 4 nitrogen and oxygen atoms in total. The predicted octanol–water partition coefficient (Wildman–Crippen LogP) is 1.30. The molecule has 2 rings (SSSR count). The van der Waals surface area contributed by atoms with Crippen molar-refractivity contribution in [3.05, 3.63) is 29.6 Å². The van der Waals surface area contributed by atoms with Crippen LogP contribution < -0.4 is 0 Å². The average Bonchev–Trinajstić information content (AvgIpc) is 3.27. The van der Waals surface area contributed by atoms with Crippen LogP contribution in [0, 0.1) is 17.8 Å². The summed E-state index contributed by atoms with van der Waals surface area (Å²) < 4.78 is 0. The fourth-order valence-electron chi connectivity index (χ4n) is 2.09. The van der Waals surface area contributed by atoms with Gasteiger partial charge in [0.2, 0.25) is 0 Å². The predicted molar refractivity (Wildman–Crippen MR) is 72.5 cm³/mol. The van der Waals surface area contributed by atoms with E-state index in [-0.39, 0.29) is 18.6 Å². The average molecular weight is 258 g/mol. The van der Waals surface area contributed by atoms with Gasteiger partial charge in [-0.3, -0.25) is 9.78 Å². The number of aromatic nitrogens is 1. The van der Waals surface area contributed by atoms with E-state index in [1.165, 1.54) is 12.8 Å². The van der Waals surface area contributed by atoms with E-state index in [1.807, 2.05) is 7.05 Å². The summed E-state index contributed by atoms with van der Waals surface area (Å²) in [4.78, 5) is 18.2. The number of aliphatic hydroxyl groups excluding tert-OH is 1. The van der Waals surface area contributed by atoms with Crippen molar-refractivity contribution in [1.29, 1.82) is 0 Å². The van der Waals surface area contributed by atoms with Crippen LogP contribution in [-0.2, 0) is 0 Å². The number of nitrogens with zero attached hydrogens (tertiary/aromatic N) is 2. The van der Waals surface area contributed by atoms with Crippen molar-refractivity contribution in [2.24, 2.45) is 5.92 Å². The minimum Gasteiger partial charge on any atom is -0.384 e. The van der Waals surface area contributed by atoms with Crippen molar-refractivity contribution < 1.29 is 9.90 Å². The van der Waals surface area contributed by atoms with E-state index in [0.717, 1.165) is 0 Å². The third-order valence-electron chi connectivity index (χ3n) is 3.59. The van der Waals surface area contributed by atoms with Gasteiger partial charge in [0.15, 0.2) is 0 Å². The minimum absolute atomic E-state index is 0.0379. The van der Waals surface area contributed by atoms with Gasteiger partial charge < -0.3 is 10.0 Å². The van der Waals surface area contributed by atoms with Crippen molar-refractivity contribution in [3.63, 3.8) is 0 Å². The Bertz CT molecular complexity index is 526. The second-order valence-corrected chi connectivity index (χ2v) is 4.88. The molecular weight excluding hydrogens is 240 g/mol. The molecule has 0 aromatic carbocycles. The number of carbonyl (C=O) groups is 1. The van der Waals surface area contributed by atoms with E-state index in [9.17, 15) is 4.79 Å². The summed E-state index contributed by atoms with van der Waals surface area (Å²) in [5, 5.41) is 8.75. The lowest BCUT2D eigenvalue weighted by Crippen LogP contribution is -2.36. The Morgan fingerprint density at radius 2 is 2.37 bits per heavy atom. The van der Waals surface area contributed by atoms with E-state index < -0.39 is 0 Å². The normalized spacial score (nSPS) is 15.3. The maximum absolute atomic E-state index is 12.5. The summed E-state index contributed by atoms with van der Waals surface area (Å²) >= 11 is 0. The SMILES string of the molecule is CC(C1CC1)N(C)C(=O)c1ccncc1C#CCO. The van der Waals surface area contributed by atoms with Crippen LogP contribution in [0.5, 0.6) is 0 Å². The summed E-state index contributed by atoms with van der Waals surface area (Å²) in [7, 11) is 1.83. The number of amides is 1. The highest BCUT2D eigenvalue weighted by molar-refractivity contribution is 5.96. The number of rotatable bonds is 3. The topological polar surface area (TPSA) is 53.4 Å². The van der Waals surface area contributed by atoms with Gasteiger partial charge in [0.05, 0.1) is 11.1 Å². The second kappa shape index (κ2) is 5.85. The summed E-state index contributed by atoms with van der Waals surface area (Å²) in [6, 6.07) is 1.93. The molecule has 0 spiro atoms. The molecular formula is C15H18N2O2. The highest BCUT2D eigenvalue weighted by Crippen LogP contribution is 2.35. The van der Waals surface area contributed by atoms with Crippen LogP contribution in [0.2, 0.25) is 0 Å². The number of aliphatic hydroxyl groups is 1. The fraction of sp³-hybridized carbons (Fsp3) is 0.467. The van der Waals surface area contributed by atoms with Crippen molar-refractivity contribution in [1.82, 2.24) is 9.88 Å². The van der Waals surface area contributed by atoms with Crippen LogP contribution in [0.4, 0.5) is 0 Å². The van der Waals surface area contributed by atoms with Gasteiger partial charge in [0.25, 0.3) is 5.91 Å². The zero-order valence-electron chi connectivity index (χ0n) is 11.3. The first-order valence-electron chi connectivity index (χ1n) is 6.46. The molecule has 19 heavy (non-hydrogen) atoms. The van der Waals surface area contributed by atoms with Gasteiger partial charge in [-0.2, -0.15) is 0 Å². The summed E-state index contributed by atoms with van der Waals surface area (Å²) in [5.41, 5.74) is 1.11. The van der Waals surface area contributed by atoms with E-state index in [4.69, 9.17) is 5.11 Å². The van der Waals surface area contributed by atoms with Gasteiger partial charge in [-0.25, -0.2) is 0 Å². The van der Waals surface area contributed by atoms with Gasteiger partial charge in [0.1, 0.15) is 6.61 Å². The molecule has 1 fully saturated rings. The van der Waals surface area contributed by atoms with Crippen LogP contribution in [0.1, 0.15) is 35.7 Å². The molecule has 1 amide bonds. The van der Waals surface area contributed by atoms with Gasteiger partial charge in [-0.1, -0.05) is 11.8 Å². The largest absolute Gasteiger partial charge is 0.384 e. The Balaban J connectivity index is 2.22. The highest BCUT2D eigenvalue weighted by Gasteiger charge is 2.33. The number of pyridine rings is 1. The third kappa shape index (κ3) is 3.12. The second-order valence-electron chi connectivity index (χ2n) is 4.88. The summed E-state index contributed by atoms with van der Waals surface area (Å²) in [6.45, 7) is 1.85. The molecule has 1 aromatic heterocycles. The molecule has 1 atom stereocenters. The smallest absolute Gasteiger partial charge is 0.255 e. The van der Waals surface area contributed by atoms with Crippen molar-refractivity contribution in [2.75, 3.05) is 13.7 Å². The minimum atomic E-state index is -0.225. The molecule has 1 aliphatic carbocycles. The van der Waals surface area contributed by atoms with Crippen molar-refractivity contribution >= 4 is 5.91 Å². The van der Waals surface area contributed by atoms with Gasteiger partial charge in [-0.05, 0) is 31.7 Å². The molecule has 1 N–H and O–H groups in total. The number of carbonyl (C=O) groups excluding carboxylic acids is 1. The Kier molecular flexibility index (Phi) is 4.18. The Hall–Kier alpha value is -1.86. The third-order valence-corrected chi connectivity index (χ3v) is 3.59. The lowest BCUT2D eigenvalue weighted by atomic mass is 10.1. The molecule has 0 aliphatic heterocycles. The van der Waals surface area contributed by atoms with Crippen LogP contribution in [0.3, 0.4) is 0 Å². The van der Waals surface area contributed by atoms with Crippen LogP contribution >= 0.6 is 0 Å². The molecule has 1 aromatic rings. The zero-order chi connectivity index (χ0) is 13.8. The molecule has 4 heteroatoms. The fourth-order valence-corrected chi connectivity index (χ4v) is 2.09.